The maximum Gasteiger partial charge on any atom is 0.355 e. The van der Waals surface area contributed by atoms with Crippen molar-refractivity contribution in [3.8, 4) is 0 Å². The third-order valence-electron chi connectivity index (χ3n) is 4.61. The number of rotatable bonds is 3. The highest BCUT2D eigenvalue weighted by atomic mass is 16.5. The van der Waals surface area contributed by atoms with Crippen LogP contribution in [0.25, 0.3) is 0 Å². The lowest BCUT2D eigenvalue weighted by Crippen LogP contribution is -2.41. The molecule has 8 heteroatoms. The van der Waals surface area contributed by atoms with Crippen molar-refractivity contribution in [2.45, 2.75) is 33.7 Å². The van der Waals surface area contributed by atoms with E-state index in [-0.39, 0.29) is 12.3 Å². The van der Waals surface area contributed by atoms with Crippen molar-refractivity contribution in [3.05, 3.63) is 29.3 Å². The van der Waals surface area contributed by atoms with E-state index in [9.17, 15) is 19.2 Å². The number of hydrazone groups is 1. The van der Waals surface area contributed by atoms with E-state index >= 15 is 0 Å². The van der Waals surface area contributed by atoms with Gasteiger partial charge in [0.15, 0.2) is 11.8 Å². The molecule has 0 aliphatic carbocycles. The smallest absolute Gasteiger partial charge is 0.355 e. The summed E-state index contributed by atoms with van der Waals surface area (Å²) in [6.45, 7) is 6.74. The molecule has 2 atom stereocenters. The van der Waals surface area contributed by atoms with Crippen LogP contribution in [0.1, 0.15) is 25.0 Å². The summed E-state index contributed by atoms with van der Waals surface area (Å²) >= 11 is 0. The highest BCUT2D eigenvalue weighted by Crippen LogP contribution is 2.36. The molecule has 1 fully saturated rings. The second-order valence-electron chi connectivity index (χ2n) is 6.27. The van der Waals surface area contributed by atoms with Gasteiger partial charge < -0.3 is 4.74 Å². The lowest BCUT2D eigenvalue weighted by atomic mass is 9.98. The first-order valence-corrected chi connectivity index (χ1v) is 8.28. The topological polar surface area (TPSA) is 96.3 Å². The van der Waals surface area contributed by atoms with Gasteiger partial charge in [-0.05, 0) is 44.0 Å². The van der Waals surface area contributed by atoms with Crippen LogP contribution in [-0.4, -0.2) is 47.1 Å². The first kappa shape index (κ1) is 17.8. The predicted octanol–water partition coefficient (Wildman–Crippen LogP) is 0.943. The fraction of sp³-hybridized carbons (Fsp3) is 0.389. The fourth-order valence-electron chi connectivity index (χ4n) is 3.17. The Hall–Kier alpha value is -3.03. The van der Waals surface area contributed by atoms with Gasteiger partial charge in [-0.3, -0.25) is 14.4 Å². The minimum atomic E-state index is -1.15. The summed E-state index contributed by atoms with van der Waals surface area (Å²) in [6, 6.07) is 4.05. The molecule has 1 aromatic carbocycles. The lowest BCUT2D eigenvalue weighted by molar-refractivity contribution is -0.136. The third-order valence-corrected chi connectivity index (χ3v) is 4.61. The van der Waals surface area contributed by atoms with E-state index in [4.69, 9.17) is 4.74 Å². The Labute approximate surface area is 150 Å². The van der Waals surface area contributed by atoms with E-state index in [2.05, 4.69) is 5.10 Å². The summed E-state index contributed by atoms with van der Waals surface area (Å²) in [4.78, 5) is 51.0. The molecule has 26 heavy (non-hydrogen) atoms. The van der Waals surface area contributed by atoms with Crippen LogP contribution in [0.5, 0.6) is 0 Å². The zero-order valence-electron chi connectivity index (χ0n) is 15.0. The molecule has 2 heterocycles. The quantitative estimate of drug-likeness (QED) is 0.593. The number of amides is 3. The number of ether oxygens (including phenoxy) is 1. The molecule has 136 valence electrons. The molecule has 0 bridgehead atoms. The Bertz CT molecular complexity index is 860. The van der Waals surface area contributed by atoms with Gasteiger partial charge in [0, 0.05) is 6.92 Å². The Kier molecular flexibility index (Phi) is 4.35. The number of aryl methyl sites for hydroxylation is 2. The summed E-state index contributed by atoms with van der Waals surface area (Å²) in [6.07, 6.45) is 0. The maximum absolute atomic E-state index is 13.0. The largest absolute Gasteiger partial charge is 0.461 e. The van der Waals surface area contributed by atoms with Gasteiger partial charge in [-0.15, -0.1) is 0 Å². The van der Waals surface area contributed by atoms with E-state index in [0.29, 0.717) is 5.69 Å². The van der Waals surface area contributed by atoms with Crippen LogP contribution in [0.2, 0.25) is 0 Å². The van der Waals surface area contributed by atoms with Crippen molar-refractivity contribution < 1.29 is 23.9 Å². The van der Waals surface area contributed by atoms with Gasteiger partial charge in [0.05, 0.1) is 12.3 Å². The van der Waals surface area contributed by atoms with Crippen LogP contribution in [0.3, 0.4) is 0 Å². The molecule has 1 saturated heterocycles. The molecule has 0 aromatic heterocycles. The summed E-state index contributed by atoms with van der Waals surface area (Å²) in [5.74, 6) is -3.64. The average Bonchev–Trinajstić information content (AvgIpc) is 3.09. The second-order valence-corrected chi connectivity index (χ2v) is 6.27. The number of hydrogen-bond donors (Lipinski definition) is 0. The van der Waals surface area contributed by atoms with E-state index < -0.39 is 35.7 Å². The first-order chi connectivity index (χ1) is 12.3. The van der Waals surface area contributed by atoms with Gasteiger partial charge >= 0.3 is 5.97 Å². The highest BCUT2D eigenvalue weighted by molar-refractivity contribution is 6.47. The SMILES string of the molecule is CCOC(=O)C1=NN(C(C)=O)[C@@H]2C(=O)N(c3ccc(C)c(C)c3)C(=O)[C@H]12. The molecule has 0 N–H and O–H groups in total. The normalized spacial score (nSPS) is 21.8. The number of carbonyl (C=O) groups excluding carboxylic acids is 4. The fourth-order valence-corrected chi connectivity index (χ4v) is 3.17. The molecule has 1 aromatic rings. The zero-order chi connectivity index (χ0) is 19.2. The van der Waals surface area contributed by atoms with Crippen molar-refractivity contribution >= 4 is 35.1 Å². The number of carbonyl (C=O) groups is 4. The van der Waals surface area contributed by atoms with Crippen LogP contribution in [-0.2, 0) is 23.9 Å². The number of anilines is 1. The van der Waals surface area contributed by atoms with Gasteiger partial charge in [0.2, 0.25) is 11.8 Å². The van der Waals surface area contributed by atoms with Crippen molar-refractivity contribution in [2.75, 3.05) is 11.5 Å². The van der Waals surface area contributed by atoms with Crippen molar-refractivity contribution in [1.82, 2.24) is 5.01 Å². The Morgan fingerprint density at radius 3 is 2.42 bits per heavy atom. The molecule has 0 saturated carbocycles. The molecular weight excluding hydrogens is 338 g/mol. The van der Waals surface area contributed by atoms with Crippen molar-refractivity contribution in [2.24, 2.45) is 11.0 Å². The van der Waals surface area contributed by atoms with Crippen LogP contribution >= 0.6 is 0 Å². The number of imide groups is 1. The molecular formula is C18H19N3O5. The van der Waals surface area contributed by atoms with Gasteiger partial charge in [-0.2, -0.15) is 5.10 Å². The summed E-state index contributed by atoms with van der Waals surface area (Å²) in [5.41, 5.74) is 2.14. The number of esters is 1. The van der Waals surface area contributed by atoms with Crippen LogP contribution in [0.15, 0.2) is 23.3 Å². The molecule has 8 nitrogen and oxygen atoms in total. The Morgan fingerprint density at radius 1 is 1.15 bits per heavy atom. The number of benzene rings is 1. The first-order valence-electron chi connectivity index (χ1n) is 8.28. The van der Waals surface area contributed by atoms with E-state index in [1.807, 2.05) is 19.9 Å². The predicted molar refractivity (Wildman–Crippen MR) is 92.3 cm³/mol. The molecule has 3 amide bonds. The summed E-state index contributed by atoms with van der Waals surface area (Å²) < 4.78 is 4.93. The van der Waals surface area contributed by atoms with Crippen LogP contribution < -0.4 is 4.90 Å². The molecule has 2 aliphatic heterocycles. The Balaban J connectivity index is 2.05. The van der Waals surface area contributed by atoms with Crippen LogP contribution in [0, 0.1) is 19.8 Å². The summed E-state index contributed by atoms with van der Waals surface area (Å²) in [7, 11) is 0. The molecule has 0 radical (unpaired) electrons. The maximum atomic E-state index is 13.0. The minimum Gasteiger partial charge on any atom is -0.461 e. The standard InChI is InChI=1S/C18H19N3O5/c1-5-26-18(25)14-13-15(21(19-14)11(4)22)17(24)20(16(13)23)12-7-6-9(2)10(3)8-12/h6-8,13,15H,5H2,1-4H3/t13-,15+/m1/s1. The highest BCUT2D eigenvalue weighted by Gasteiger charge is 2.59. The number of hydrogen-bond acceptors (Lipinski definition) is 6. The van der Waals surface area contributed by atoms with Gasteiger partial charge in [0.25, 0.3) is 5.91 Å². The van der Waals surface area contributed by atoms with Gasteiger partial charge in [0.1, 0.15) is 5.92 Å². The molecule has 3 rings (SSSR count). The second kappa shape index (κ2) is 6.36. The third kappa shape index (κ3) is 2.58. The lowest BCUT2D eigenvalue weighted by Gasteiger charge is -2.19. The van der Waals surface area contributed by atoms with Gasteiger partial charge in [-0.1, -0.05) is 6.07 Å². The zero-order valence-corrected chi connectivity index (χ0v) is 15.0. The molecule has 0 unspecified atom stereocenters. The minimum absolute atomic E-state index is 0.0956. The van der Waals surface area contributed by atoms with E-state index in [1.54, 1.807) is 19.1 Å². The Morgan fingerprint density at radius 2 is 1.85 bits per heavy atom. The van der Waals surface area contributed by atoms with E-state index in [0.717, 1.165) is 21.0 Å². The summed E-state index contributed by atoms with van der Waals surface area (Å²) in [5, 5.41) is 4.81. The van der Waals surface area contributed by atoms with Crippen molar-refractivity contribution in [3.63, 3.8) is 0 Å². The number of fused-ring (bicyclic) bond motifs is 1. The monoisotopic (exact) mass is 357 g/mol. The number of nitrogens with zero attached hydrogens (tertiary/aromatic N) is 3. The van der Waals surface area contributed by atoms with Crippen molar-refractivity contribution in [1.29, 1.82) is 0 Å². The van der Waals surface area contributed by atoms with E-state index in [1.165, 1.54) is 6.92 Å². The van der Waals surface area contributed by atoms with Crippen LogP contribution in [0.4, 0.5) is 5.69 Å². The van der Waals surface area contributed by atoms with Gasteiger partial charge in [-0.25, -0.2) is 14.7 Å². The molecule has 2 aliphatic rings. The molecule has 0 spiro atoms. The average molecular weight is 357 g/mol.